The van der Waals surface area contributed by atoms with Gasteiger partial charge in [-0.2, -0.15) is 0 Å². The minimum Gasteiger partial charge on any atom is -0.314 e. The summed E-state index contributed by atoms with van der Waals surface area (Å²) in [4.78, 5) is 0. The summed E-state index contributed by atoms with van der Waals surface area (Å²) in [6, 6.07) is 6.52. The second kappa shape index (κ2) is 6.20. The molecule has 0 N–H and O–H groups in total. The van der Waals surface area contributed by atoms with E-state index in [9.17, 15) is 0 Å². The Kier molecular flexibility index (Phi) is 4.59. The maximum absolute atomic E-state index is 5.92. The molecule has 2 rings (SSSR count). The third-order valence-corrected chi connectivity index (χ3v) is 3.56. The Labute approximate surface area is 119 Å². The van der Waals surface area contributed by atoms with Crippen LogP contribution in [0.3, 0.4) is 0 Å². The Bertz CT molecular complexity index is 561. The standard InChI is InChI=1S/C15H20ClN3/c1-4-7-19-14(17-18-15(19)10-16)9-13-8-11(2)5-6-12(13)3/h5-6,8H,4,7,9-10H2,1-3H3. The first-order valence-electron chi connectivity index (χ1n) is 6.68. The van der Waals surface area contributed by atoms with Crippen molar-refractivity contribution in [2.75, 3.05) is 0 Å². The molecule has 19 heavy (non-hydrogen) atoms. The molecule has 0 amide bonds. The smallest absolute Gasteiger partial charge is 0.147 e. The number of aryl methyl sites for hydroxylation is 2. The average Bonchev–Trinajstić information content (AvgIpc) is 2.77. The quantitative estimate of drug-likeness (QED) is 0.781. The predicted octanol–water partition coefficient (Wildman–Crippen LogP) is 3.63. The number of halogens is 1. The van der Waals surface area contributed by atoms with Gasteiger partial charge >= 0.3 is 0 Å². The summed E-state index contributed by atoms with van der Waals surface area (Å²) in [6.45, 7) is 7.33. The van der Waals surface area contributed by atoms with Crippen molar-refractivity contribution in [3.8, 4) is 0 Å². The zero-order chi connectivity index (χ0) is 13.8. The minimum absolute atomic E-state index is 0.416. The van der Waals surface area contributed by atoms with Crippen LogP contribution in [0, 0.1) is 13.8 Å². The molecular formula is C15H20ClN3. The van der Waals surface area contributed by atoms with Gasteiger partial charge in [-0.05, 0) is 31.4 Å². The Balaban J connectivity index is 2.32. The molecule has 4 heteroatoms. The molecule has 2 aromatic rings. The summed E-state index contributed by atoms with van der Waals surface area (Å²) in [7, 11) is 0. The number of aromatic nitrogens is 3. The van der Waals surface area contributed by atoms with Gasteiger partial charge < -0.3 is 4.57 Å². The molecule has 1 heterocycles. The van der Waals surface area contributed by atoms with Crippen molar-refractivity contribution in [2.24, 2.45) is 0 Å². The molecule has 0 aliphatic heterocycles. The first kappa shape index (κ1) is 14.1. The zero-order valence-electron chi connectivity index (χ0n) is 11.8. The van der Waals surface area contributed by atoms with Crippen molar-refractivity contribution in [1.29, 1.82) is 0 Å². The molecule has 0 radical (unpaired) electrons. The lowest BCUT2D eigenvalue weighted by atomic mass is 10.0. The van der Waals surface area contributed by atoms with Crippen LogP contribution in [-0.4, -0.2) is 14.8 Å². The van der Waals surface area contributed by atoms with Gasteiger partial charge in [0.25, 0.3) is 0 Å². The van der Waals surface area contributed by atoms with Gasteiger partial charge in [0.15, 0.2) is 0 Å². The second-order valence-electron chi connectivity index (χ2n) is 4.92. The first-order valence-corrected chi connectivity index (χ1v) is 7.22. The third-order valence-electron chi connectivity index (χ3n) is 3.32. The largest absolute Gasteiger partial charge is 0.314 e. The molecule has 0 unspecified atom stereocenters. The van der Waals surface area contributed by atoms with E-state index in [1.54, 1.807) is 0 Å². The van der Waals surface area contributed by atoms with Crippen LogP contribution in [0.5, 0.6) is 0 Å². The van der Waals surface area contributed by atoms with E-state index in [1.165, 1.54) is 16.7 Å². The minimum atomic E-state index is 0.416. The van der Waals surface area contributed by atoms with E-state index < -0.39 is 0 Å². The van der Waals surface area contributed by atoms with E-state index in [1.807, 2.05) is 0 Å². The maximum atomic E-state index is 5.92. The summed E-state index contributed by atoms with van der Waals surface area (Å²) in [5.74, 6) is 2.29. The SMILES string of the molecule is CCCn1c(CCl)nnc1Cc1cc(C)ccc1C. The lowest BCUT2D eigenvalue weighted by Crippen LogP contribution is -2.08. The molecule has 0 fully saturated rings. The van der Waals surface area contributed by atoms with E-state index in [0.717, 1.165) is 31.0 Å². The van der Waals surface area contributed by atoms with Gasteiger partial charge in [-0.25, -0.2) is 0 Å². The molecule has 0 atom stereocenters. The van der Waals surface area contributed by atoms with Crippen LogP contribution in [-0.2, 0) is 18.8 Å². The number of benzene rings is 1. The summed E-state index contributed by atoms with van der Waals surface area (Å²) >= 11 is 5.92. The van der Waals surface area contributed by atoms with Crippen LogP contribution >= 0.6 is 11.6 Å². The fourth-order valence-electron chi connectivity index (χ4n) is 2.24. The Morgan fingerprint density at radius 3 is 2.58 bits per heavy atom. The lowest BCUT2D eigenvalue weighted by Gasteiger charge is -2.10. The lowest BCUT2D eigenvalue weighted by molar-refractivity contribution is 0.626. The predicted molar refractivity (Wildman–Crippen MR) is 78.6 cm³/mol. The van der Waals surface area contributed by atoms with E-state index >= 15 is 0 Å². The van der Waals surface area contributed by atoms with E-state index in [0.29, 0.717) is 5.88 Å². The van der Waals surface area contributed by atoms with Crippen LogP contribution in [0.15, 0.2) is 18.2 Å². The van der Waals surface area contributed by atoms with Crippen molar-refractivity contribution in [3.05, 3.63) is 46.5 Å². The molecule has 0 aliphatic rings. The molecule has 0 bridgehead atoms. The molecule has 0 spiro atoms. The van der Waals surface area contributed by atoms with Crippen LogP contribution < -0.4 is 0 Å². The zero-order valence-corrected chi connectivity index (χ0v) is 12.5. The number of rotatable bonds is 5. The highest BCUT2D eigenvalue weighted by molar-refractivity contribution is 6.16. The Morgan fingerprint density at radius 2 is 1.89 bits per heavy atom. The van der Waals surface area contributed by atoms with Gasteiger partial charge in [-0.1, -0.05) is 30.7 Å². The first-order chi connectivity index (χ1) is 9.15. The molecule has 102 valence electrons. The number of hydrogen-bond donors (Lipinski definition) is 0. The van der Waals surface area contributed by atoms with Crippen molar-refractivity contribution in [2.45, 2.75) is 46.0 Å². The Morgan fingerprint density at radius 1 is 1.16 bits per heavy atom. The van der Waals surface area contributed by atoms with Gasteiger partial charge in [0.05, 0.1) is 5.88 Å². The average molecular weight is 278 g/mol. The van der Waals surface area contributed by atoms with E-state index in [4.69, 9.17) is 11.6 Å². The topological polar surface area (TPSA) is 30.7 Å². The maximum Gasteiger partial charge on any atom is 0.147 e. The summed E-state index contributed by atoms with van der Waals surface area (Å²) < 4.78 is 2.15. The van der Waals surface area contributed by atoms with Crippen LogP contribution in [0.1, 0.15) is 41.7 Å². The van der Waals surface area contributed by atoms with Gasteiger partial charge in [-0.3, -0.25) is 0 Å². The van der Waals surface area contributed by atoms with Crippen LogP contribution in [0.4, 0.5) is 0 Å². The normalized spacial score (nSPS) is 10.9. The van der Waals surface area contributed by atoms with Gasteiger partial charge in [0.1, 0.15) is 11.6 Å². The van der Waals surface area contributed by atoms with Crippen LogP contribution in [0.25, 0.3) is 0 Å². The molecule has 1 aromatic carbocycles. The third kappa shape index (κ3) is 3.16. The highest BCUT2D eigenvalue weighted by atomic mass is 35.5. The molecule has 1 aromatic heterocycles. The number of nitrogens with zero attached hydrogens (tertiary/aromatic N) is 3. The summed E-state index contributed by atoms with van der Waals surface area (Å²) in [5, 5.41) is 8.48. The van der Waals surface area contributed by atoms with Gasteiger partial charge in [0, 0.05) is 13.0 Å². The highest BCUT2D eigenvalue weighted by Crippen LogP contribution is 2.16. The fraction of sp³-hybridized carbons (Fsp3) is 0.467. The van der Waals surface area contributed by atoms with Crippen molar-refractivity contribution >= 4 is 11.6 Å². The summed E-state index contributed by atoms with van der Waals surface area (Å²) in [5.41, 5.74) is 3.88. The van der Waals surface area contributed by atoms with E-state index in [2.05, 4.69) is 53.7 Å². The monoisotopic (exact) mass is 277 g/mol. The van der Waals surface area contributed by atoms with Gasteiger partial charge in [-0.15, -0.1) is 21.8 Å². The molecule has 0 aliphatic carbocycles. The van der Waals surface area contributed by atoms with Crippen molar-refractivity contribution in [1.82, 2.24) is 14.8 Å². The van der Waals surface area contributed by atoms with E-state index in [-0.39, 0.29) is 0 Å². The summed E-state index contributed by atoms with van der Waals surface area (Å²) in [6.07, 6.45) is 1.87. The van der Waals surface area contributed by atoms with Crippen molar-refractivity contribution < 1.29 is 0 Å². The molecular weight excluding hydrogens is 258 g/mol. The molecule has 3 nitrogen and oxygen atoms in total. The van der Waals surface area contributed by atoms with Crippen molar-refractivity contribution in [3.63, 3.8) is 0 Å². The highest BCUT2D eigenvalue weighted by Gasteiger charge is 2.12. The van der Waals surface area contributed by atoms with Gasteiger partial charge in [0.2, 0.25) is 0 Å². The molecule has 0 saturated heterocycles. The number of alkyl halides is 1. The van der Waals surface area contributed by atoms with Crippen LogP contribution in [0.2, 0.25) is 0 Å². The fourth-order valence-corrected chi connectivity index (χ4v) is 2.44. The second-order valence-corrected chi connectivity index (χ2v) is 5.19. The Hall–Kier alpha value is -1.35. The molecule has 0 saturated carbocycles. The number of hydrogen-bond acceptors (Lipinski definition) is 2.